The highest BCUT2D eigenvalue weighted by Crippen LogP contribution is 2.25. The van der Waals surface area contributed by atoms with Crippen LogP contribution in [0.4, 0.5) is 0 Å². The van der Waals surface area contributed by atoms with Crippen LogP contribution in [0.15, 0.2) is 53.1 Å². The Bertz CT molecular complexity index is 834. The Hall–Kier alpha value is -2.46. The second kappa shape index (κ2) is 7.19. The van der Waals surface area contributed by atoms with Gasteiger partial charge in [0.2, 0.25) is 5.82 Å². The number of rotatable bonds is 6. The van der Waals surface area contributed by atoms with E-state index in [4.69, 9.17) is 4.52 Å². The molecule has 1 fully saturated rings. The van der Waals surface area contributed by atoms with Crippen molar-refractivity contribution in [1.82, 2.24) is 15.5 Å². The standard InChI is InChI=1S/C21H23N3O/c1-2-16-6-3-4-9-19(16)21-23-20(24-25-21)17-12-10-15(11-13-17)14-22-18-7-5-8-18/h3-4,6,9-13,18,22H,2,5,7-8,14H2,1H3. The summed E-state index contributed by atoms with van der Waals surface area (Å²) in [5, 5.41) is 7.75. The van der Waals surface area contributed by atoms with E-state index in [1.54, 1.807) is 0 Å². The molecule has 0 radical (unpaired) electrons. The average molecular weight is 333 g/mol. The molecule has 0 spiro atoms. The fraction of sp³-hybridized carbons (Fsp3) is 0.333. The van der Waals surface area contributed by atoms with E-state index >= 15 is 0 Å². The van der Waals surface area contributed by atoms with Gasteiger partial charge in [-0.25, -0.2) is 0 Å². The van der Waals surface area contributed by atoms with Crippen LogP contribution in [0.5, 0.6) is 0 Å². The van der Waals surface area contributed by atoms with Gasteiger partial charge in [-0.05, 0) is 36.5 Å². The molecule has 2 aromatic carbocycles. The summed E-state index contributed by atoms with van der Waals surface area (Å²) in [6, 6.07) is 17.3. The topological polar surface area (TPSA) is 51.0 Å². The normalized spacial score (nSPS) is 14.4. The second-order valence-electron chi connectivity index (χ2n) is 6.64. The van der Waals surface area contributed by atoms with Crippen LogP contribution in [-0.2, 0) is 13.0 Å². The molecule has 128 valence electrons. The van der Waals surface area contributed by atoms with E-state index in [9.17, 15) is 0 Å². The van der Waals surface area contributed by atoms with Crippen molar-refractivity contribution >= 4 is 0 Å². The van der Waals surface area contributed by atoms with E-state index in [0.29, 0.717) is 17.8 Å². The molecule has 1 N–H and O–H groups in total. The maximum Gasteiger partial charge on any atom is 0.258 e. The Morgan fingerprint density at radius 1 is 1.08 bits per heavy atom. The predicted octanol–water partition coefficient (Wildman–Crippen LogP) is 4.61. The van der Waals surface area contributed by atoms with Gasteiger partial charge in [0.25, 0.3) is 5.89 Å². The molecule has 0 unspecified atom stereocenters. The molecule has 1 saturated carbocycles. The molecule has 0 amide bonds. The Balaban J connectivity index is 1.49. The Labute approximate surface area is 148 Å². The third-order valence-electron chi connectivity index (χ3n) is 4.97. The van der Waals surface area contributed by atoms with Crippen LogP contribution >= 0.6 is 0 Å². The van der Waals surface area contributed by atoms with Gasteiger partial charge in [0, 0.05) is 23.7 Å². The van der Waals surface area contributed by atoms with Gasteiger partial charge in [-0.1, -0.05) is 61.0 Å². The molecule has 0 bridgehead atoms. The second-order valence-corrected chi connectivity index (χ2v) is 6.64. The molecule has 4 nitrogen and oxygen atoms in total. The molecule has 25 heavy (non-hydrogen) atoms. The maximum atomic E-state index is 5.51. The van der Waals surface area contributed by atoms with Crippen LogP contribution in [0.2, 0.25) is 0 Å². The number of benzene rings is 2. The molecule has 4 rings (SSSR count). The van der Waals surface area contributed by atoms with Gasteiger partial charge in [-0.3, -0.25) is 0 Å². The van der Waals surface area contributed by atoms with Crippen LogP contribution in [0, 0.1) is 0 Å². The minimum absolute atomic E-state index is 0.586. The van der Waals surface area contributed by atoms with Gasteiger partial charge in [0.1, 0.15) is 0 Å². The summed E-state index contributed by atoms with van der Waals surface area (Å²) in [6.07, 6.45) is 4.92. The summed E-state index contributed by atoms with van der Waals surface area (Å²) in [7, 11) is 0. The third-order valence-corrected chi connectivity index (χ3v) is 4.97. The average Bonchev–Trinajstić information content (AvgIpc) is 3.11. The van der Waals surface area contributed by atoms with E-state index in [0.717, 1.165) is 24.1 Å². The van der Waals surface area contributed by atoms with Crippen molar-refractivity contribution in [3.05, 3.63) is 59.7 Å². The summed E-state index contributed by atoms with van der Waals surface area (Å²) in [5.41, 5.74) is 4.51. The first-order valence-corrected chi connectivity index (χ1v) is 9.08. The highest BCUT2D eigenvalue weighted by Gasteiger charge is 2.16. The Morgan fingerprint density at radius 2 is 1.88 bits per heavy atom. The predicted molar refractivity (Wildman–Crippen MR) is 99.0 cm³/mol. The molecule has 1 aliphatic rings. The first-order valence-electron chi connectivity index (χ1n) is 9.08. The molecule has 1 aliphatic carbocycles. The lowest BCUT2D eigenvalue weighted by Crippen LogP contribution is -2.34. The zero-order valence-electron chi connectivity index (χ0n) is 14.5. The number of hydrogen-bond acceptors (Lipinski definition) is 4. The summed E-state index contributed by atoms with van der Waals surface area (Å²) >= 11 is 0. The van der Waals surface area contributed by atoms with Crippen molar-refractivity contribution in [2.45, 2.75) is 45.2 Å². The summed E-state index contributed by atoms with van der Waals surface area (Å²) < 4.78 is 5.51. The van der Waals surface area contributed by atoms with Gasteiger partial charge < -0.3 is 9.84 Å². The van der Waals surface area contributed by atoms with Crippen molar-refractivity contribution in [3.8, 4) is 22.8 Å². The highest BCUT2D eigenvalue weighted by molar-refractivity contribution is 5.62. The number of hydrogen-bond donors (Lipinski definition) is 1. The van der Waals surface area contributed by atoms with Gasteiger partial charge in [-0.15, -0.1) is 0 Å². The fourth-order valence-electron chi connectivity index (χ4n) is 3.13. The zero-order valence-corrected chi connectivity index (χ0v) is 14.5. The Kier molecular flexibility index (Phi) is 4.61. The molecule has 1 aromatic heterocycles. The van der Waals surface area contributed by atoms with Crippen LogP contribution < -0.4 is 5.32 Å². The SMILES string of the molecule is CCc1ccccc1-c1nc(-c2ccc(CNC3CCC3)cc2)no1. The van der Waals surface area contributed by atoms with Crippen LogP contribution in [0.3, 0.4) is 0 Å². The van der Waals surface area contributed by atoms with E-state index < -0.39 is 0 Å². The zero-order chi connectivity index (χ0) is 17.1. The number of nitrogens with one attached hydrogen (secondary N) is 1. The van der Waals surface area contributed by atoms with Crippen LogP contribution in [-0.4, -0.2) is 16.2 Å². The van der Waals surface area contributed by atoms with Gasteiger partial charge in [0.05, 0.1) is 0 Å². The molecular formula is C21H23N3O. The van der Waals surface area contributed by atoms with Crippen molar-refractivity contribution in [3.63, 3.8) is 0 Å². The summed E-state index contributed by atoms with van der Waals surface area (Å²) in [4.78, 5) is 4.59. The minimum Gasteiger partial charge on any atom is -0.334 e. The molecular weight excluding hydrogens is 310 g/mol. The van der Waals surface area contributed by atoms with Gasteiger partial charge in [-0.2, -0.15) is 4.98 Å². The van der Waals surface area contributed by atoms with Crippen LogP contribution in [0.25, 0.3) is 22.8 Å². The fourth-order valence-corrected chi connectivity index (χ4v) is 3.13. The largest absolute Gasteiger partial charge is 0.334 e. The third kappa shape index (κ3) is 3.49. The van der Waals surface area contributed by atoms with Crippen LogP contribution in [0.1, 0.15) is 37.3 Å². The number of nitrogens with zero attached hydrogens (tertiary/aromatic N) is 2. The van der Waals surface area contributed by atoms with Crippen molar-refractivity contribution in [2.24, 2.45) is 0 Å². The van der Waals surface area contributed by atoms with E-state index in [2.05, 4.69) is 52.7 Å². The number of aryl methyl sites for hydroxylation is 1. The minimum atomic E-state index is 0.586. The molecule has 1 heterocycles. The molecule has 0 atom stereocenters. The van der Waals surface area contributed by atoms with E-state index in [-0.39, 0.29) is 0 Å². The maximum absolute atomic E-state index is 5.51. The highest BCUT2D eigenvalue weighted by atomic mass is 16.5. The first-order chi connectivity index (χ1) is 12.3. The van der Waals surface area contributed by atoms with Crippen molar-refractivity contribution < 1.29 is 4.52 Å². The number of aromatic nitrogens is 2. The van der Waals surface area contributed by atoms with Gasteiger partial charge in [0.15, 0.2) is 0 Å². The lowest BCUT2D eigenvalue weighted by Gasteiger charge is -2.26. The first kappa shape index (κ1) is 16.0. The van der Waals surface area contributed by atoms with E-state index in [1.165, 1.54) is 30.4 Å². The molecule has 4 heteroatoms. The molecule has 0 aliphatic heterocycles. The van der Waals surface area contributed by atoms with Gasteiger partial charge >= 0.3 is 0 Å². The van der Waals surface area contributed by atoms with E-state index in [1.807, 2.05) is 18.2 Å². The van der Waals surface area contributed by atoms with Crippen molar-refractivity contribution in [1.29, 1.82) is 0 Å². The smallest absolute Gasteiger partial charge is 0.258 e. The Morgan fingerprint density at radius 3 is 2.60 bits per heavy atom. The summed E-state index contributed by atoms with van der Waals surface area (Å²) in [6.45, 7) is 3.05. The lowest BCUT2D eigenvalue weighted by atomic mass is 9.93. The lowest BCUT2D eigenvalue weighted by molar-refractivity contribution is 0.338. The quantitative estimate of drug-likeness (QED) is 0.716. The molecule has 3 aromatic rings. The monoisotopic (exact) mass is 333 g/mol. The summed E-state index contributed by atoms with van der Waals surface area (Å²) in [5.74, 6) is 1.22. The van der Waals surface area contributed by atoms with Crippen molar-refractivity contribution in [2.75, 3.05) is 0 Å². The molecule has 0 saturated heterocycles.